The molecule has 0 aliphatic carbocycles. The number of hydrogen-bond acceptors (Lipinski definition) is 4. The fourth-order valence-corrected chi connectivity index (χ4v) is 3.72. The van der Waals surface area contributed by atoms with Crippen molar-refractivity contribution in [2.24, 2.45) is 0 Å². The standard InChI is InChI=1S/C19H20Cl2N2O3S/c1-12(16-7-6-14(20)9-17(16)21)22-19(25)23-15-5-3-4-13(8-15)10-27-11-18(24)26-2/h3-9,12H,10-11H2,1-2H3,(H2,22,23,25). The van der Waals surface area contributed by atoms with Crippen LogP contribution in [0.25, 0.3) is 0 Å². The van der Waals surface area contributed by atoms with Gasteiger partial charge in [-0.05, 0) is 42.3 Å². The third-order valence-corrected chi connectivity index (χ3v) is 5.22. The van der Waals surface area contributed by atoms with Gasteiger partial charge in [-0.1, -0.05) is 41.4 Å². The summed E-state index contributed by atoms with van der Waals surface area (Å²) in [4.78, 5) is 23.4. The number of anilines is 1. The van der Waals surface area contributed by atoms with Crippen molar-refractivity contribution in [3.05, 3.63) is 63.6 Å². The number of nitrogens with one attached hydrogen (secondary N) is 2. The third-order valence-electron chi connectivity index (χ3n) is 3.68. The Bertz CT molecular complexity index is 817. The largest absolute Gasteiger partial charge is 0.468 e. The van der Waals surface area contributed by atoms with Crippen molar-refractivity contribution in [3.63, 3.8) is 0 Å². The zero-order valence-corrected chi connectivity index (χ0v) is 17.3. The maximum absolute atomic E-state index is 12.3. The molecule has 2 rings (SSSR count). The molecule has 144 valence electrons. The molecule has 0 aromatic heterocycles. The van der Waals surface area contributed by atoms with Gasteiger partial charge in [0, 0.05) is 21.5 Å². The predicted octanol–water partition coefficient (Wildman–Crippen LogP) is 5.28. The van der Waals surface area contributed by atoms with Gasteiger partial charge in [0.15, 0.2) is 0 Å². The molecule has 0 aliphatic rings. The molecule has 0 spiro atoms. The van der Waals surface area contributed by atoms with Gasteiger partial charge in [-0.2, -0.15) is 0 Å². The van der Waals surface area contributed by atoms with Crippen LogP contribution in [0, 0.1) is 0 Å². The third kappa shape index (κ3) is 6.97. The zero-order valence-electron chi connectivity index (χ0n) is 14.9. The lowest BCUT2D eigenvalue weighted by Gasteiger charge is -2.17. The first-order valence-electron chi connectivity index (χ1n) is 8.15. The number of esters is 1. The summed E-state index contributed by atoms with van der Waals surface area (Å²) in [6, 6.07) is 12.0. The highest BCUT2D eigenvalue weighted by Crippen LogP contribution is 2.26. The number of ether oxygens (including phenoxy) is 1. The zero-order chi connectivity index (χ0) is 19.8. The number of carbonyl (C=O) groups excluding carboxylic acids is 2. The van der Waals surface area contributed by atoms with Crippen LogP contribution in [0.4, 0.5) is 10.5 Å². The van der Waals surface area contributed by atoms with Gasteiger partial charge in [0.2, 0.25) is 0 Å². The normalized spacial score (nSPS) is 11.6. The number of thioether (sulfide) groups is 1. The Kier molecular flexibility index (Phi) is 8.28. The number of rotatable bonds is 7. The molecule has 0 aliphatic heterocycles. The van der Waals surface area contributed by atoms with Gasteiger partial charge >= 0.3 is 12.0 Å². The Hall–Kier alpha value is -1.89. The molecule has 2 aromatic carbocycles. The number of hydrogen-bond donors (Lipinski definition) is 2. The summed E-state index contributed by atoms with van der Waals surface area (Å²) in [5, 5.41) is 6.69. The van der Waals surface area contributed by atoms with Crippen molar-refractivity contribution in [1.29, 1.82) is 0 Å². The first kappa shape index (κ1) is 21.4. The molecule has 0 fully saturated rings. The Morgan fingerprint density at radius 2 is 1.96 bits per heavy atom. The van der Waals surface area contributed by atoms with E-state index in [1.54, 1.807) is 24.3 Å². The average molecular weight is 427 g/mol. The Morgan fingerprint density at radius 1 is 1.19 bits per heavy atom. The van der Waals surface area contributed by atoms with E-state index < -0.39 is 0 Å². The summed E-state index contributed by atoms with van der Waals surface area (Å²) < 4.78 is 4.61. The molecular formula is C19H20Cl2N2O3S. The predicted molar refractivity (Wildman–Crippen MR) is 112 cm³/mol. The van der Waals surface area contributed by atoms with Crippen LogP contribution < -0.4 is 10.6 Å². The minimum absolute atomic E-state index is 0.261. The van der Waals surface area contributed by atoms with Crippen LogP contribution in [0.2, 0.25) is 10.0 Å². The van der Waals surface area contributed by atoms with E-state index in [4.69, 9.17) is 23.2 Å². The summed E-state index contributed by atoms with van der Waals surface area (Å²) in [5.74, 6) is 0.667. The Balaban J connectivity index is 1.91. The van der Waals surface area contributed by atoms with Crippen LogP contribution >= 0.6 is 35.0 Å². The SMILES string of the molecule is COC(=O)CSCc1cccc(NC(=O)NC(C)c2ccc(Cl)cc2Cl)c1. The molecule has 0 saturated carbocycles. The van der Waals surface area contributed by atoms with Gasteiger partial charge in [-0.25, -0.2) is 4.79 Å². The van der Waals surface area contributed by atoms with E-state index in [9.17, 15) is 9.59 Å². The second kappa shape index (κ2) is 10.4. The molecule has 0 saturated heterocycles. The van der Waals surface area contributed by atoms with Crippen LogP contribution in [-0.2, 0) is 15.3 Å². The lowest BCUT2D eigenvalue weighted by Crippen LogP contribution is -2.31. The Morgan fingerprint density at radius 3 is 2.67 bits per heavy atom. The molecule has 27 heavy (non-hydrogen) atoms. The number of carbonyl (C=O) groups is 2. The van der Waals surface area contributed by atoms with Crippen molar-refractivity contribution in [2.75, 3.05) is 18.2 Å². The highest BCUT2D eigenvalue weighted by atomic mass is 35.5. The molecule has 1 unspecified atom stereocenters. The van der Waals surface area contributed by atoms with Crippen LogP contribution in [-0.4, -0.2) is 24.9 Å². The van der Waals surface area contributed by atoms with E-state index in [0.717, 1.165) is 11.1 Å². The van der Waals surface area contributed by atoms with Crippen LogP contribution in [0.15, 0.2) is 42.5 Å². The maximum Gasteiger partial charge on any atom is 0.319 e. The van der Waals surface area contributed by atoms with E-state index in [-0.39, 0.29) is 23.8 Å². The topological polar surface area (TPSA) is 67.4 Å². The first-order chi connectivity index (χ1) is 12.9. The van der Waals surface area contributed by atoms with Crippen molar-refractivity contribution in [2.45, 2.75) is 18.7 Å². The minimum Gasteiger partial charge on any atom is -0.468 e. The summed E-state index contributed by atoms with van der Waals surface area (Å²) in [6.07, 6.45) is 0. The molecule has 0 radical (unpaired) electrons. The van der Waals surface area contributed by atoms with Gasteiger partial charge < -0.3 is 15.4 Å². The Labute approximate surface area is 172 Å². The number of halogens is 2. The molecule has 8 heteroatoms. The molecule has 2 amide bonds. The van der Waals surface area contributed by atoms with E-state index in [2.05, 4.69) is 15.4 Å². The van der Waals surface area contributed by atoms with Gasteiger partial charge in [0.1, 0.15) is 0 Å². The second-order valence-electron chi connectivity index (χ2n) is 5.76. The molecule has 2 N–H and O–H groups in total. The van der Waals surface area contributed by atoms with Gasteiger partial charge in [0.05, 0.1) is 18.9 Å². The van der Waals surface area contributed by atoms with E-state index in [1.807, 2.05) is 25.1 Å². The van der Waals surface area contributed by atoms with Gasteiger partial charge in [0.25, 0.3) is 0 Å². The van der Waals surface area contributed by atoms with Gasteiger partial charge in [-0.3, -0.25) is 4.79 Å². The summed E-state index contributed by atoms with van der Waals surface area (Å²) in [7, 11) is 1.37. The van der Waals surface area contributed by atoms with E-state index in [1.165, 1.54) is 18.9 Å². The number of methoxy groups -OCH3 is 1. The fourth-order valence-electron chi connectivity index (χ4n) is 2.34. The van der Waals surface area contributed by atoms with E-state index >= 15 is 0 Å². The van der Waals surface area contributed by atoms with E-state index in [0.29, 0.717) is 21.5 Å². The molecule has 0 heterocycles. The molecular weight excluding hydrogens is 407 g/mol. The lowest BCUT2D eigenvalue weighted by molar-refractivity contribution is -0.137. The van der Waals surface area contributed by atoms with Crippen LogP contribution in [0.3, 0.4) is 0 Å². The molecule has 2 aromatic rings. The number of amides is 2. The monoisotopic (exact) mass is 426 g/mol. The smallest absolute Gasteiger partial charge is 0.319 e. The fraction of sp³-hybridized carbons (Fsp3) is 0.263. The minimum atomic E-state index is -0.340. The van der Waals surface area contributed by atoms with Crippen LogP contribution in [0.1, 0.15) is 24.1 Å². The van der Waals surface area contributed by atoms with Crippen LogP contribution in [0.5, 0.6) is 0 Å². The highest BCUT2D eigenvalue weighted by molar-refractivity contribution is 7.99. The first-order valence-corrected chi connectivity index (χ1v) is 10.1. The summed E-state index contributed by atoms with van der Waals surface area (Å²) in [6.45, 7) is 1.84. The highest BCUT2D eigenvalue weighted by Gasteiger charge is 2.13. The molecule has 1 atom stereocenters. The number of benzene rings is 2. The van der Waals surface area contributed by atoms with Gasteiger partial charge in [-0.15, -0.1) is 11.8 Å². The number of urea groups is 1. The maximum atomic E-state index is 12.3. The molecule has 5 nitrogen and oxygen atoms in total. The molecule has 0 bridgehead atoms. The lowest BCUT2D eigenvalue weighted by atomic mass is 10.1. The second-order valence-corrected chi connectivity index (χ2v) is 7.58. The van der Waals surface area contributed by atoms with Crippen molar-refractivity contribution >= 4 is 52.7 Å². The average Bonchev–Trinajstić information content (AvgIpc) is 2.61. The summed E-state index contributed by atoms with van der Waals surface area (Å²) >= 11 is 13.5. The quantitative estimate of drug-likeness (QED) is 0.590. The van der Waals surface area contributed by atoms with Crippen molar-refractivity contribution in [3.8, 4) is 0 Å². The van der Waals surface area contributed by atoms with Crippen molar-refractivity contribution in [1.82, 2.24) is 5.32 Å². The summed E-state index contributed by atoms with van der Waals surface area (Å²) in [5.41, 5.74) is 2.44. The van der Waals surface area contributed by atoms with Crippen molar-refractivity contribution < 1.29 is 14.3 Å².